The summed E-state index contributed by atoms with van der Waals surface area (Å²) < 4.78 is 5.58. The van der Waals surface area contributed by atoms with E-state index in [4.69, 9.17) is 27.9 Å². The second kappa shape index (κ2) is 9.91. The van der Waals surface area contributed by atoms with Crippen LogP contribution in [0.4, 0.5) is 0 Å². The van der Waals surface area contributed by atoms with Crippen LogP contribution in [0, 0.1) is 0 Å². The fourth-order valence-electron chi connectivity index (χ4n) is 1.96. The van der Waals surface area contributed by atoms with E-state index in [0.717, 1.165) is 25.9 Å². The number of carbonyl (C=O) groups is 1. The quantitative estimate of drug-likeness (QED) is 0.608. The molecule has 21 heavy (non-hydrogen) atoms. The second-order valence-electron chi connectivity index (χ2n) is 4.85. The number of hydrogen-bond donors (Lipinski definition) is 0. The molecule has 0 saturated carbocycles. The van der Waals surface area contributed by atoms with Crippen LogP contribution in [0.3, 0.4) is 0 Å². The molecule has 1 rings (SSSR count). The first-order valence-electron chi connectivity index (χ1n) is 7.44. The first-order valence-corrected chi connectivity index (χ1v) is 8.19. The third-order valence-electron chi connectivity index (χ3n) is 3.20. The molecule has 1 aromatic rings. The smallest absolute Gasteiger partial charge is 0.222 e. The average molecular weight is 332 g/mol. The SMILES string of the molecule is CCCCN(CC)C(=O)CCCOc1ccc(Cl)cc1Cl. The van der Waals surface area contributed by atoms with Crippen LogP contribution in [0.15, 0.2) is 18.2 Å². The van der Waals surface area contributed by atoms with Gasteiger partial charge in [-0.2, -0.15) is 0 Å². The van der Waals surface area contributed by atoms with Crippen molar-refractivity contribution in [2.24, 2.45) is 0 Å². The van der Waals surface area contributed by atoms with Crippen LogP contribution in [0.5, 0.6) is 5.75 Å². The molecule has 5 heteroatoms. The Labute approximate surface area is 137 Å². The zero-order valence-electron chi connectivity index (χ0n) is 12.7. The summed E-state index contributed by atoms with van der Waals surface area (Å²) in [6, 6.07) is 5.12. The molecule has 0 unspecified atom stereocenters. The van der Waals surface area contributed by atoms with E-state index in [0.29, 0.717) is 35.2 Å². The summed E-state index contributed by atoms with van der Waals surface area (Å²) in [7, 11) is 0. The van der Waals surface area contributed by atoms with Gasteiger partial charge in [-0.05, 0) is 38.0 Å². The van der Waals surface area contributed by atoms with Gasteiger partial charge in [-0.3, -0.25) is 4.79 Å². The number of nitrogens with zero attached hydrogens (tertiary/aromatic N) is 1. The third-order valence-corrected chi connectivity index (χ3v) is 3.73. The van der Waals surface area contributed by atoms with Gasteiger partial charge in [0, 0.05) is 24.5 Å². The molecule has 0 heterocycles. The maximum absolute atomic E-state index is 12.0. The van der Waals surface area contributed by atoms with Crippen molar-refractivity contribution in [1.82, 2.24) is 4.90 Å². The third kappa shape index (κ3) is 6.58. The van der Waals surface area contributed by atoms with Gasteiger partial charge in [-0.1, -0.05) is 36.5 Å². The van der Waals surface area contributed by atoms with E-state index >= 15 is 0 Å². The van der Waals surface area contributed by atoms with Crippen molar-refractivity contribution < 1.29 is 9.53 Å². The van der Waals surface area contributed by atoms with Gasteiger partial charge in [0.1, 0.15) is 5.75 Å². The fraction of sp³-hybridized carbons (Fsp3) is 0.562. The molecule has 0 spiro atoms. The van der Waals surface area contributed by atoms with E-state index in [9.17, 15) is 4.79 Å². The maximum atomic E-state index is 12.0. The Hall–Kier alpha value is -0.930. The Morgan fingerprint density at radius 2 is 2.00 bits per heavy atom. The van der Waals surface area contributed by atoms with Crippen LogP contribution in [0.1, 0.15) is 39.5 Å². The highest BCUT2D eigenvalue weighted by Gasteiger charge is 2.10. The lowest BCUT2D eigenvalue weighted by Crippen LogP contribution is -2.31. The number of carbonyl (C=O) groups excluding carboxylic acids is 1. The Bertz CT molecular complexity index is 452. The summed E-state index contributed by atoms with van der Waals surface area (Å²) in [6.07, 6.45) is 3.33. The molecule has 0 radical (unpaired) electrons. The van der Waals surface area contributed by atoms with Crippen LogP contribution in [-0.4, -0.2) is 30.5 Å². The summed E-state index contributed by atoms with van der Waals surface area (Å²) in [5.41, 5.74) is 0. The van der Waals surface area contributed by atoms with Gasteiger partial charge in [-0.15, -0.1) is 0 Å². The normalized spacial score (nSPS) is 10.5. The van der Waals surface area contributed by atoms with Gasteiger partial charge in [0.2, 0.25) is 5.91 Å². The van der Waals surface area contributed by atoms with Crippen molar-refractivity contribution in [3.05, 3.63) is 28.2 Å². The molecule has 0 bridgehead atoms. The summed E-state index contributed by atoms with van der Waals surface area (Å²) in [5.74, 6) is 0.795. The Morgan fingerprint density at radius 1 is 1.24 bits per heavy atom. The minimum absolute atomic E-state index is 0.191. The zero-order chi connectivity index (χ0) is 15.7. The topological polar surface area (TPSA) is 29.5 Å². The summed E-state index contributed by atoms with van der Waals surface area (Å²) >= 11 is 11.8. The van der Waals surface area contributed by atoms with Crippen LogP contribution in [0.2, 0.25) is 10.0 Å². The van der Waals surface area contributed by atoms with Crippen molar-refractivity contribution in [1.29, 1.82) is 0 Å². The van der Waals surface area contributed by atoms with Gasteiger partial charge in [-0.25, -0.2) is 0 Å². The van der Waals surface area contributed by atoms with Gasteiger partial charge in [0.05, 0.1) is 11.6 Å². The Kier molecular flexibility index (Phi) is 8.55. The number of unbranched alkanes of at least 4 members (excludes halogenated alkanes) is 1. The van der Waals surface area contributed by atoms with Crippen LogP contribution in [0.25, 0.3) is 0 Å². The highest BCUT2D eigenvalue weighted by molar-refractivity contribution is 6.35. The highest BCUT2D eigenvalue weighted by atomic mass is 35.5. The van der Waals surface area contributed by atoms with E-state index < -0.39 is 0 Å². The minimum Gasteiger partial charge on any atom is -0.492 e. The fourth-order valence-corrected chi connectivity index (χ4v) is 2.43. The monoisotopic (exact) mass is 331 g/mol. The molecule has 0 atom stereocenters. The van der Waals surface area contributed by atoms with Crippen molar-refractivity contribution in [3.8, 4) is 5.75 Å². The lowest BCUT2D eigenvalue weighted by Gasteiger charge is -2.20. The lowest BCUT2D eigenvalue weighted by atomic mass is 10.2. The summed E-state index contributed by atoms with van der Waals surface area (Å²) in [6.45, 7) is 6.22. The second-order valence-corrected chi connectivity index (χ2v) is 5.70. The van der Waals surface area contributed by atoms with Crippen molar-refractivity contribution in [2.75, 3.05) is 19.7 Å². The van der Waals surface area contributed by atoms with E-state index in [1.54, 1.807) is 18.2 Å². The molecular formula is C16H23Cl2NO2. The average Bonchev–Trinajstić information content (AvgIpc) is 2.46. The highest BCUT2D eigenvalue weighted by Crippen LogP contribution is 2.27. The van der Waals surface area contributed by atoms with Gasteiger partial charge < -0.3 is 9.64 Å². The van der Waals surface area contributed by atoms with Gasteiger partial charge in [0.25, 0.3) is 0 Å². The predicted molar refractivity (Wildman–Crippen MR) is 88.4 cm³/mol. The molecule has 1 amide bonds. The molecule has 0 aliphatic carbocycles. The first-order chi connectivity index (χ1) is 10.1. The van der Waals surface area contributed by atoms with E-state index in [1.807, 2.05) is 11.8 Å². The van der Waals surface area contributed by atoms with E-state index in [-0.39, 0.29) is 5.91 Å². The molecule has 0 N–H and O–H groups in total. The number of hydrogen-bond acceptors (Lipinski definition) is 2. The molecular weight excluding hydrogens is 309 g/mol. The number of amides is 1. The number of halogens is 2. The molecule has 0 fully saturated rings. The first kappa shape index (κ1) is 18.1. The maximum Gasteiger partial charge on any atom is 0.222 e. The lowest BCUT2D eigenvalue weighted by molar-refractivity contribution is -0.131. The molecule has 0 aromatic heterocycles. The van der Waals surface area contributed by atoms with Gasteiger partial charge in [0.15, 0.2) is 0 Å². The molecule has 0 saturated heterocycles. The predicted octanol–water partition coefficient (Wildman–Crippen LogP) is 4.80. The largest absolute Gasteiger partial charge is 0.492 e. The molecule has 0 aliphatic heterocycles. The summed E-state index contributed by atoms with van der Waals surface area (Å²) in [5, 5.41) is 1.07. The van der Waals surface area contributed by atoms with Crippen LogP contribution >= 0.6 is 23.2 Å². The number of benzene rings is 1. The summed E-state index contributed by atoms with van der Waals surface area (Å²) in [4.78, 5) is 13.9. The van der Waals surface area contributed by atoms with E-state index in [1.165, 1.54) is 0 Å². The Balaban J connectivity index is 2.31. The van der Waals surface area contributed by atoms with E-state index in [2.05, 4.69) is 6.92 Å². The number of ether oxygens (including phenoxy) is 1. The molecule has 0 aliphatic rings. The molecule has 3 nitrogen and oxygen atoms in total. The standard InChI is InChI=1S/C16H23Cl2NO2/c1-3-5-10-19(4-2)16(20)7-6-11-21-15-9-8-13(17)12-14(15)18/h8-9,12H,3-7,10-11H2,1-2H3. The Morgan fingerprint density at radius 3 is 2.62 bits per heavy atom. The van der Waals surface area contributed by atoms with Crippen LogP contribution < -0.4 is 4.74 Å². The minimum atomic E-state index is 0.191. The van der Waals surface area contributed by atoms with Crippen molar-refractivity contribution >= 4 is 29.1 Å². The molecule has 118 valence electrons. The van der Waals surface area contributed by atoms with Gasteiger partial charge >= 0.3 is 0 Å². The molecule has 1 aromatic carbocycles. The zero-order valence-corrected chi connectivity index (χ0v) is 14.2. The van der Waals surface area contributed by atoms with Crippen molar-refractivity contribution in [3.63, 3.8) is 0 Å². The number of rotatable bonds is 9. The van der Waals surface area contributed by atoms with Crippen LogP contribution in [-0.2, 0) is 4.79 Å². The van der Waals surface area contributed by atoms with Crippen molar-refractivity contribution in [2.45, 2.75) is 39.5 Å².